The predicted molar refractivity (Wildman–Crippen MR) is 98.0 cm³/mol. The van der Waals surface area contributed by atoms with E-state index in [1.807, 2.05) is 44.2 Å². The zero-order chi connectivity index (χ0) is 18.4. The van der Waals surface area contributed by atoms with Crippen LogP contribution in [0, 0.1) is 0 Å². The predicted octanol–water partition coefficient (Wildman–Crippen LogP) is 2.72. The molecule has 0 unspecified atom stereocenters. The number of carbonyl (C=O) groups excluding carboxylic acids is 2. The van der Waals surface area contributed by atoms with E-state index in [1.165, 1.54) is 11.8 Å². The molecule has 0 bridgehead atoms. The van der Waals surface area contributed by atoms with Gasteiger partial charge in [0.05, 0.1) is 10.9 Å². The van der Waals surface area contributed by atoms with E-state index in [4.69, 9.17) is 0 Å². The fraction of sp³-hybridized carbons (Fsp3) is 0.412. The van der Waals surface area contributed by atoms with Crippen LogP contribution in [0.4, 0.5) is 4.79 Å². The molecule has 25 heavy (non-hydrogen) atoms. The molecule has 0 fully saturated rings. The van der Waals surface area contributed by atoms with Crippen LogP contribution in [-0.4, -0.2) is 38.5 Å². The highest BCUT2D eigenvalue weighted by atomic mass is 32.2. The lowest BCUT2D eigenvalue weighted by molar-refractivity contribution is -0.119. The van der Waals surface area contributed by atoms with Crippen molar-refractivity contribution in [1.82, 2.24) is 25.4 Å². The Morgan fingerprint density at radius 3 is 2.48 bits per heavy atom. The Hall–Kier alpha value is -2.35. The van der Waals surface area contributed by atoms with E-state index in [9.17, 15) is 9.59 Å². The number of amides is 3. The molecule has 1 atom stereocenters. The molecule has 3 amide bonds. The van der Waals surface area contributed by atoms with E-state index in [2.05, 4.69) is 20.7 Å². The van der Waals surface area contributed by atoms with E-state index in [1.54, 1.807) is 18.5 Å². The van der Waals surface area contributed by atoms with Crippen molar-refractivity contribution < 1.29 is 9.59 Å². The molecule has 1 aromatic heterocycles. The molecule has 0 aliphatic heterocycles. The molecule has 2 N–H and O–H groups in total. The fourth-order valence-corrected chi connectivity index (χ4v) is 2.87. The van der Waals surface area contributed by atoms with E-state index in [0.717, 1.165) is 11.5 Å². The first-order valence-corrected chi connectivity index (χ1v) is 9.08. The molecule has 2 rings (SSSR count). The van der Waals surface area contributed by atoms with Gasteiger partial charge in [0.15, 0.2) is 0 Å². The molecule has 1 heterocycles. The highest BCUT2D eigenvalue weighted by Gasteiger charge is 2.21. The van der Waals surface area contributed by atoms with Crippen LogP contribution in [0.25, 0.3) is 5.69 Å². The number of hydrogen-bond acceptors (Lipinski definition) is 5. The maximum atomic E-state index is 12.1. The first-order chi connectivity index (χ1) is 11.9. The van der Waals surface area contributed by atoms with Crippen molar-refractivity contribution in [1.29, 1.82) is 0 Å². The summed E-state index contributed by atoms with van der Waals surface area (Å²) in [5.74, 6) is 0.629. The monoisotopic (exact) mass is 361 g/mol. The largest absolute Gasteiger partial charge is 0.338 e. The summed E-state index contributed by atoms with van der Waals surface area (Å²) in [6.07, 6.45) is 0. The van der Waals surface area contributed by atoms with E-state index >= 15 is 0 Å². The third-order valence-electron chi connectivity index (χ3n) is 3.36. The Morgan fingerprint density at radius 1 is 1.20 bits per heavy atom. The molecule has 7 nitrogen and oxygen atoms in total. The summed E-state index contributed by atoms with van der Waals surface area (Å²) < 4.78 is 1.79. The Kier molecular flexibility index (Phi) is 6.58. The lowest BCUT2D eigenvalue weighted by Gasteiger charge is -2.09. The minimum Gasteiger partial charge on any atom is -0.338 e. The molecule has 0 aliphatic rings. The topological polar surface area (TPSA) is 88.9 Å². The second-order valence-corrected chi connectivity index (χ2v) is 7.07. The van der Waals surface area contributed by atoms with Crippen molar-refractivity contribution in [3.63, 3.8) is 0 Å². The average molecular weight is 361 g/mol. The maximum Gasteiger partial charge on any atom is 0.321 e. The van der Waals surface area contributed by atoms with Crippen molar-refractivity contribution in [2.75, 3.05) is 6.54 Å². The Bertz CT molecular complexity index is 730. The summed E-state index contributed by atoms with van der Waals surface area (Å²) in [4.78, 5) is 28.1. The minimum atomic E-state index is -0.495. The summed E-state index contributed by atoms with van der Waals surface area (Å²) >= 11 is 1.22. The number of hydrogen-bond donors (Lipinski definition) is 2. The van der Waals surface area contributed by atoms with Crippen molar-refractivity contribution in [3.8, 4) is 5.69 Å². The molecule has 134 valence electrons. The molecule has 8 heteroatoms. The van der Waals surface area contributed by atoms with Crippen molar-refractivity contribution in [2.45, 2.75) is 44.0 Å². The number of nitrogens with one attached hydrogen (secondary N) is 2. The molecule has 0 spiro atoms. The Morgan fingerprint density at radius 2 is 1.88 bits per heavy atom. The van der Waals surface area contributed by atoms with E-state index in [0.29, 0.717) is 11.7 Å². The molecule has 0 aliphatic carbocycles. The summed E-state index contributed by atoms with van der Waals surface area (Å²) in [6, 6.07) is 9.25. The molecule has 2 aromatic rings. The van der Waals surface area contributed by atoms with Crippen LogP contribution in [0.3, 0.4) is 0 Å². The van der Waals surface area contributed by atoms with Gasteiger partial charge in [-0.05, 0) is 26.0 Å². The molecule has 1 aromatic carbocycles. The maximum absolute atomic E-state index is 12.1. The van der Waals surface area contributed by atoms with E-state index < -0.39 is 11.3 Å². The second kappa shape index (κ2) is 8.66. The summed E-state index contributed by atoms with van der Waals surface area (Å²) in [7, 11) is 0. The Balaban J connectivity index is 2.15. The minimum absolute atomic E-state index is 0.182. The average Bonchev–Trinajstić information content (AvgIpc) is 3.00. The number of nitrogens with zero attached hydrogens (tertiary/aromatic N) is 3. The number of aromatic nitrogens is 3. The summed E-state index contributed by atoms with van der Waals surface area (Å²) in [5.41, 5.74) is 0.921. The number of benzene rings is 1. The van der Waals surface area contributed by atoms with Gasteiger partial charge in [0.25, 0.3) is 0 Å². The fourth-order valence-electron chi connectivity index (χ4n) is 2.12. The summed E-state index contributed by atoms with van der Waals surface area (Å²) in [5, 5.41) is 9.38. The van der Waals surface area contributed by atoms with Crippen LogP contribution in [0.5, 0.6) is 0 Å². The zero-order valence-electron chi connectivity index (χ0n) is 14.8. The lowest BCUT2D eigenvalue weighted by Crippen LogP contribution is -2.42. The Labute approximate surface area is 151 Å². The quantitative estimate of drug-likeness (QED) is 0.772. The van der Waals surface area contributed by atoms with Crippen molar-refractivity contribution >= 4 is 23.7 Å². The zero-order valence-corrected chi connectivity index (χ0v) is 15.6. The third kappa shape index (κ3) is 5.06. The normalized spacial score (nSPS) is 12.0. The lowest BCUT2D eigenvalue weighted by atomic mass is 10.2. The molecular weight excluding hydrogens is 338 g/mol. The third-order valence-corrected chi connectivity index (χ3v) is 4.31. The van der Waals surface area contributed by atoms with Crippen LogP contribution in [0.15, 0.2) is 35.5 Å². The van der Waals surface area contributed by atoms with Crippen molar-refractivity contribution in [3.05, 3.63) is 36.2 Å². The molecule has 0 saturated carbocycles. The van der Waals surface area contributed by atoms with E-state index in [-0.39, 0.29) is 11.8 Å². The smallest absolute Gasteiger partial charge is 0.321 e. The van der Waals surface area contributed by atoms with Gasteiger partial charge < -0.3 is 5.32 Å². The number of thioether (sulfide) groups is 1. The van der Waals surface area contributed by atoms with Gasteiger partial charge >= 0.3 is 6.03 Å². The first-order valence-electron chi connectivity index (χ1n) is 8.20. The van der Waals surface area contributed by atoms with Crippen LogP contribution in [0.1, 0.15) is 39.4 Å². The summed E-state index contributed by atoms with van der Waals surface area (Å²) in [6.45, 7) is 8.06. The highest BCUT2D eigenvalue weighted by Crippen LogP contribution is 2.24. The number of carbonyl (C=O) groups is 2. The molecule has 0 radical (unpaired) electrons. The van der Waals surface area contributed by atoms with Crippen LogP contribution in [0.2, 0.25) is 0 Å². The van der Waals surface area contributed by atoms with Gasteiger partial charge in [-0.15, -0.1) is 5.10 Å². The number of para-hydroxylation sites is 1. The number of urea groups is 1. The highest BCUT2D eigenvalue weighted by molar-refractivity contribution is 8.00. The van der Waals surface area contributed by atoms with Gasteiger partial charge in [-0.3, -0.25) is 10.1 Å². The van der Waals surface area contributed by atoms with Gasteiger partial charge in [0.1, 0.15) is 5.82 Å². The van der Waals surface area contributed by atoms with Crippen LogP contribution in [-0.2, 0) is 4.79 Å². The standard InChI is InChI=1S/C17H23N5O2S/c1-5-18-16(24)20-15(23)12(4)25-17-19-14(11(2)3)22(21-17)13-9-7-6-8-10-13/h6-12H,5H2,1-4H3,(H2,18,20,23,24)/t12-/m0/s1. The van der Waals surface area contributed by atoms with Gasteiger partial charge in [-0.1, -0.05) is 43.8 Å². The van der Waals surface area contributed by atoms with Gasteiger partial charge in [0, 0.05) is 12.5 Å². The van der Waals surface area contributed by atoms with Crippen LogP contribution >= 0.6 is 11.8 Å². The van der Waals surface area contributed by atoms with Crippen molar-refractivity contribution in [2.24, 2.45) is 0 Å². The first kappa shape index (κ1) is 19.0. The second-order valence-electron chi connectivity index (χ2n) is 5.76. The van der Waals surface area contributed by atoms with Gasteiger partial charge in [0.2, 0.25) is 11.1 Å². The van der Waals surface area contributed by atoms with Crippen LogP contribution < -0.4 is 10.6 Å². The SMILES string of the molecule is CCNC(=O)NC(=O)[C@H](C)Sc1nc(C(C)C)n(-c2ccccc2)n1. The molecule has 0 saturated heterocycles. The van der Waals surface area contributed by atoms with Gasteiger partial charge in [-0.25, -0.2) is 14.5 Å². The number of imide groups is 1. The molecular formula is C17H23N5O2S. The number of rotatable bonds is 6. The van der Waals surface area contributed by atoms with Gasteiger partial charge in [-0.2, -0.15) is 0 Å².